The fourth-order valence-corrected chi connectivity index (χ4v) is 3.56. The molecule has 0 aromatic carbocycles. The van der Waals surface area contributed by atoms with Crippen LogP contribution in [0.5, 0.6) is 0 Å². The summed E-state index contributed by atoms with van der Waals surface area (Å²) >= 11 is 0. The van der Waals surface area contributed by atoms with E-state index in [1.807, 2.05) is 6.92 Å². The second-order valence-electron chi connectivity index (χ2n) is 4.82. The second kappa shape index (κ2) is 15.9. The van der Waals surface area contributed by atoms with Gasteiger partial charge >= 0.3 is 0 Å². The largest absolute Gasteiger partial charge is 0.380 e. The van der Waals surface area contributed by atoms with Gasteiger partial charge in [0.05, 0.1) is 21.9 Å². The molecule has 4 heteroatoms. The summed E-state index contributed by atoms with van der Waals surface area (Å²) in [7, 11) is -0.192. The smallest absolute Gasteiger partial charge is 0.0692 e. The second-order valence-corrected chi connectivity index (χ2v) is 7.01. The summed E-state index contributed by atoms with van der Waals surface area (Å²) < 4.78 is 11.2. The lowest BCUT2D eigenvalue weighted by atomic mass is 10.2. The van der Waals surface area contributed by atoms with Crippen molar-refractivity contribution in [3.63, 3.8) is 0 Å². The Labute approximate surface area is 122 Å². The Morgan fingerprint density at radius 1 is 1.11 bits per heavy atom. The maximum Gasteiger partial charge on any atom is 0.0692 e. The maximum atomic E-state index is 5.71. The number of hydrogen-bond acceptors (Lipinski definition) is 3. The van der Waals surface area contributed by atoms with Crippen LogP contribution in [0.2, 0.25) is 6.04 Å². The minimum atomic E-state index is -0.192. The predicted octanol–water partition coefficient (Wildman–Crippen LogP) is 3.01. The quantitative estimate of drug-likeness (QED) is 0.279. The molecule has 0 radical (unpaired) electrons. The number of unbranched alkanes of at least 4 members (excludes halogenated alkanes) is 3. The Hall–Kier alpha value is -0.193. The molecule has 0 spiro atoms. The van der Waals surface area contributed by atoms with Crippen molar-refractivity contribution in [2.45, 2.75) is 64.6 Å². The minimum Gasteiger partial charge on any atom is -0.380 e. The lowest BCUT2D eigenvalue weighted by molar-refractivity contribution is 0.0327. The number of aliphatic imine (C=N–C) groups is 1. The highest BCUT2D eigenvalue weighted by atomic mass is 28.2. The van der Waals surface area contributed by atoms with E-state index in [9.17, 15) is 0 Å². The molecule has 0 amide bonds. The van der Waals surface area contributed by atoms with Crippen molar-refractivity contribution >= 4 is 15.7 Å². The number of hydrogen-bond donors (Lipinski definition) is 0. The normalized spacial score (nSPS) is 13.8. The van der Waals surface area contributed by atoms with Gasteiger partial charge in [-0.2, -0.15) is 0 Å². The van der Waals surface area contributed by atoms with E-state index in [0.29, 0.717) is 5.73 Å². The predicted molar refractivity (Wildman–Crippen MR) is 87.4 cm³/mol. The number of ether oxygens (including phenoxy) is 2. The molecule has 1 unspecified atom stereocenters. The van der Waals surface area contributed by atoms with Gasteiger partial charge in [-0.05, 0) is 32.9 Å². The molecule has 114 valence electrons. The first-order chi connectivity index (χ1) is 9.35. The summed E-state index contributed by atoms with van der Waals surface area (Å²) in [5.41, 5.74) is 0.392. The average molecular weight is 288 g/mol. The van der Waals surface area contributed by atoms with E-state index < -0.39 is 0 Å². The Morgan fingerprint density at radius 2 is 1.95 bits per heavy atom. The Morgan fingerprint density at radius 3 is 2.63 bits per heavy atom. The highest BCUT2D eigenvalue weighted by molar-refractivity contribution is 6.37. The topological polar surface area (TPSA) is 30.8 Å². The lowest BCUT2D eigenvalue weighted by Gasteiger charge is -2.15. The van der Waals surface area contributed by atoms with Crippen molar-refractivity contribution in [2.75, 3.05) is 26.4 Å². The third-order valence-electron chi connectivity index (χ3n) is 3.04. The van der Waals surface area contributed by atoms with Crippen molar-refractivity contribution in [1.29, 1.82) is 0 Å². The molecule has 3 nitrogen and oxygen atoms in total. The SMILES string of the molecule is CCCCCCN=CCC[SiH2]C(COCC)OCC. The van der Waals surface area contributed by atoms with E-state index >= 15 is 0 Å². The van der Waals surface area contributed by atoms with Crippen LogP contribution in [0, 0.1) is 0 Å². The van der Waals surface area contributed by atoms with Crippen LogP contribution in [0.1, 0.15) is 52.9 Å². The Balaban J connectivity index is 3.44. The fraction of sp³-hybridized carbons (Fsp3) is 0.933. The van der Waals surface area contributed by atoms with Crippen molar-refractivity contribution in [2.24, 2.45) is 4.99 Å². The molecule has 0 saturated carbocycles. The van der Waals surface area contributed by atoms with Crippen molar-refractivity contribution in [3.05, 3.63) is 0 Å². The van der Waals surface area contributed by atoms with E-state index in [2.05, 4.69) is 25.1 Å². The highest BCUT2D eigenvalue weighted by Gasteiger charge is 2.07. The third kappa shape index (κ3) is 14.0. The van der Waals surface area contributed by atoms with Crippen molar-refractivity contribution in [1.82, 2.24) is 0 Å². The standard InChI is InChI=1S/C15H33NO2Si/c1-4-7-8-9-11-16-12-10-13-19-15(18-6-3)14-17-5-2/h12,15H,4-11,13-14,19H2,1-3H3. The molecule has 0 heterocycles. The number of nitrogens with zero attached hydrogens (tertiary/aromatic N) is 1. The van der Waals surface area contributed by atoms with Crippen LogP contribution < -0.4 is 0 Å². The van der Waals surface area contributed by atoms with Crippen LogP contribution in [0.4, 0.5) is 0 Å². The molecule has 0 N–H and O–H groups in total. The van der Waals surface area contributed by atoms with Crippen molar-refractivity contribution in [3.8, 4) is 0 Å². The van der Waals surface area contributed by atoms with Gasteiger partial charge in [0, 0.05) is 19.8 Å². The Bertz CT molecular complexity index is 201. The first-order valence-corrected chi connectivity index (χ1v) is 9.84. The molecular formula is C15H33NO2Si. The van der Waals surface area contributed by atoms with Crippen LogP contribution in [-0.4, -0.2) is 47.8 Å². The van der Waals surface area contributed by atoms with Gasteiger partial charge in [-0.3, -0.25) is 4.99 Å². The lowest BCUT2D eigenvalue weighted by Crippen LogP contribution is -2.26. The summed E-state index contributed by atoms with van der Waals surface area (Å²) in [6, 6.07) is 1.27. The molecule has 0 rings (SSSR count). The first kappa shape index (κ1) is 18.8. The third-order valence-corrected chi connectivity index (χ3v) is 4.97. The molecule has 1 atom stereocenters. The van der Waals surface area contributed by atoms with Crippen LogP contribution in [0.25, 0.3) is 0 Å². The van der Waals surface area contributed by atoms with Gasteiger partial charge in [0.15, 0.2) is 0 Å². The summed E-state index contributed by atoms with van der Waals surface area (Å²) in [5, 5.41) is 0. The maximum absolute atomic E-state index is 5.71. The van der Waals surface area contributed by atoms with Crippen LogP contribution in [-0.2, 0) is 9.47 Å². The summed E-state index contributed by atoms with van der Waals surface area (Å²) in [6.07, 6.45) is 8.44. The van der Waals surface area contributed by atoms with E-state index in [4.69, 9.17) is 9.47 Å². The molecule has 0 fully saturated rings. The van der Waals surface area contributed by atoms with Crippen molar-refractivity contribution < 1.29 is 9.47 Å². The zero-order valence-corrected chi connectivity index (χ0v) is 14.6. The van der Waals surface area contributed by atoms with Gasteiger partial charge in [-0.1, -0.05) is 32.2 Å². The molecular weight excluding hydrogens is 254 g/mol. The molecule has 0 aliphatic rings. The van der Waals surface area contributed by atoms with Crippen LogP contribution >= 0.6 is 0 Å². The Kier molecular flexibility index (Phi) is 15.7. The van der Waals surface area contributed by atoms with Gasteiger partial charge in [0.2, 0.25) is 0 Å². The van der Waals surface area contributed by atoms with Gasteiger partial charge in [-0.15, -0.1) is 0 Å². The first-order valence-electron chi connectivity index (χ1n) is 8.02. The average Bonchev–Trinajstić information content (AvgIpc) is 2.42. The monoisotopic (exact) mass is 287 g/mol. The van der Waals surface area contributed by atoms with E-state index in [0.717, 1.165) is 32.8 Å². The zero-order chi connectivity index (χ0) is 14.2. The van der Waals surface area contributed by atoms with Gasteiger partial charge in [0.25, 0.3) is 0 Å². The van der Waals surface area contributed by atoms with Crippen LogP contribution in [0.15, 0.2) is 4.99 Å². The fourth-order valence-electron chi connectivity index (χ4n) is 1.95. The van der Waals surface area contributed by atoms with E-state index in [1.54, 1.807) is 0 Å². The summed E-state index contributed by atoms with van der Waals surface area (Å²) in [6.45, 7) is 9.72. The van der Waals surface area contributed by atoms with Crippen LogP contribution in [0.3, 0.4) is 0 Å². The zero-order valence-electron chi connectivity index (χ0n) is 13.2. The molecule has 0 saturated heterocycles. The highest BCUT2D eigenvalue weighted by Crippen LogP contribution is 2.00. The molecule has 0 aliphatic carbocycles. The van der Waals surface area contributed by atoms with Gasteiger partial charge in [-0.25, -0.2) is 0 Å². The minimum absolute atomic E-state index is 0.192. The molecule has 0 bridgehead atoms. The molecule has 0 aromatic heterocycles. The summed E-state index contributed by atoms with van der Waals surface area (Å²) in [4.78, 5) is 4.47. The van der Waals surface area contributed by atoms with E-state index in [-0.39, 0.29) is 9.52 Å². The van der Waals surface area contributed by atoms with Gasteiger partial charge < -0.3 is 9.47 Å². The molecule has 0 aliphatic heterocycles. The molecule has 19 heavy (non-hydrogen) atoms. The van der Waals surface area contributed by atoms with Gasteiger partial charge in [0.1, 0.15) is 0 Å². The number of rotatable bonds is 14. The summed E-state index contributed by atoms with van der Waals surface area (Å²) in [5.74, 6) is 0. The van der Waals surface area contributed by atoms with E-state index in [1.165, 1.54) is 31.7 Å². The molecule has 0 aromatic rings.